The predicted octanol–water partition coefficient (Wildman–Crippen LogP) is 1.59. The maximum Gasteiger partial charge on any atom is 0.253 e. The third kappa shape index (κ3) is 2.88. The molecule has 0 bridgehead atoms. The summed E-state index contributed by atoms with van der Waals surface area (Å²) in [4.78, 5) is 16.3. The zero-order chi connectivity index (χ0) is 13.2. The molecule has 4 nitrogen and oxygen atoms in total. The number of aromatic nitrogens is 1. The van der Waals surface area contributed by atoms with Gasteiger partial charge in [-0.2, -0.15) is 0 Å². The first-order valence-electron chi connectivity index (χ1n) is 6.40. The van der Waals surface area contributed by atoms with Crippen LogP contribution in [0.1, 0.15) is 41.0 Å². The third-order valence-corrected chi connectivity index (χ3v) is 3.69. The number of rotatable bonds is 5. The van der Waals surface area contributed by atoms with Gasteiger partial charge in [-0.3, -0.25) is 9.78 Å². The van der Waals surface area contributed by atoms with E-state index in [1.54, 1.807) is 0 Å². The Bertz CT molecular complexity index is 453. The number of aliphatic hydroxyl groups excluding tert-OH is 1. The van der Waals surface area contributed by atoms with E-state index in [0.29, 0.717) is 12.1 Å². The second-order valence-electron chi connectivity index (χ2n) is 5.24. The monoisotopic (exact) mass is 248 g/mol. The molecule has 1 heterocycles. The van der Waals surface area contributed by atoms with Crippen LogP contribution in [0.2, 0.25) is 0 Å². The Balaban J connectivity index is 1.96. The minimum Gasteiger partial charge on any atom is -0.396 e. The number of carbonyl (C=O) groups excluding carboxylic acids is 1. The van der Waals surface area contributed by atoms with Crippen molar-refractivity contribution >= 4 is 5.91 Å². The molecule has 2 rings (SSSR count). The van der Waals surface area contributed by atoms with Gasteiger partial charge in [0.2, 0.25) is 0 Å². The Hall–Kier alpha value is -1.42. The standard InChI is InChI=1S/C14H20N2O2/c1-10-3-4-12(11(2)16-10)13(18)15-9-14(5-6-14)7-8-17/h3-4,17H,5-9H2,1-2H3,(H,15,18). The highest BCUT2D eigenvalue weighted by Gasteiger charge is 2.41. The fraction of sp³-hybridized carbons (Fsp3) is 0.571. The summed E-state index contributed by atoms with van der Waals surface area (Å²) in [5.74, 6) is -0.0655. The van der Waals surface area contributed by atoms with Crippen LogP contribution >= 0.6 is 0 Å². The van der Waals surface area contributed by atoms with Gasteiger partial charge in [0.05, 0.1) is 11.3 Å². The van der Waals surface area contributed by atoms with Crippen molar-refractivity contribution < 1.29 is 9.90 Å². The average molecular weight is 248 g/mol. The second kappa shape index (κ2) is 5.06. The highest BCUT2D eigenvalue weighted by Crippen LogP contribution is 2.47. The highest BCUT2D eigenvalue weighted by atomic mass is 16.3. The second-order valence-corrected chi connectivity index (χ2v) is 5.24. The molecular formula is C14H20N2O2. The number of hydrogen-bond donors (Lipinski definition) is 2. The van der Waals surface area contributed by atoms with Crippen molar-refractivity contribution in [3.05, 3.63) is 29.1 Å². The molecule has 4 heteroatoms. The van der Waals surface area contributed by atoms with Gasteiger partial charge in [-0.05, 0) is 50.7 Å². The van der Waals surface area contributed by atoms with Crippen molar-refractivity contribution in [1.29, 1.82) is 0 Å². The molecule has 0 atom stereocenters. The Morgan fingerprint density at radius 3 is 2.72 bits per heavy atom. The first-order chi connectivity index (χ1) is 8.56. The summed E-state index contributed by atoms with van der Waals surface area (Å²) in [5.41, 5.74) is 2.47. The number of nitrogens with zero attached hydrogens (tertiary/aromatic N) is 1. The summed E-state index contributed by atoms with van der Waals surface area (Å²) >= 11 is 0. The normalized spacial score (nSPS) is 16.4. The first kappa shape index (κ1) is 13.0. The van der Waals surface area contributed by atoms with Crippen molar-refractivity contribution in [3.63, 3.8) is 0 Å². The molecule has 1 amide bonds. The quantitative estimate of drug-likeness (QED) is 0.831. The summed E-state index contributed by atoms with van der Waals surface area (Å²) in [6, 6.07) is 3.67. The minimum atomic E-state index is -0.0655. The number of nitrogens with one attached hydrogen (secondary N) is 1. The first-order valence-corrected chi connectivity index (χ1v) is 6.40. The number of carbonyl (C=O) groups is 1. The zero-order valence-electron chi connectivity index (χ0n) is 11.0. The van der Waals surface area contributed by atoms with Crippen LogP contribution in [-0.4, -0.2) is 29.1 Å². The smallest absolute Gasteiger partial charge is 0.253 e. The van der Waals surface area contributed by atoms with E-state index in [4.69, 9.17) is 5.11 Å². The molecule has 0 aliphatic heterocycles. The van der Waals surface area contributed by atoms with Crippen molar-refractivity contribution in [3.8, 4) is 0 Å². The molecule has 0 aromatic carbocycles. The van der Waals surface area contributed by atoms with E-state index < -0.39 is 0 Å². The minimum absolute atomic E-state index is 0.0655. The van der Waals surface area contributed by atoms with Gasteiger partial charge < -0.3 is 10.4 Å². The molecule has 1 aromatic rings. The van der Waals surface area contributed by atoms with Gasteiger partial charge in [-0.15, -0.1) is 0 Å². The highest BCUT2D eigenvalue weighted by molar-refractivity contribution is 5.95. The van der Waals surface area contributed by atoms with Crippen LogP contribution in [-0.2, 0) is 0 Å². The van der Waals surface area contributed by atoms with Gasteiger partial charge in [0.1, 0.15) is 0 Å². The molecule has 0 spiro atoms. The van der Waals surface area contributed by atoms with E-state index in [0.717, 1.165) is 30.7 Å². The van der Waals surface area contributed by atoms with Gasteiger partial charge in [0.25, 0.3) is 5.91 Å². The largest absolute Gasteiger partial charge is 0.396 e. The molecule has 2 N–H and O–H groups in total. The van der Waals surface area contributed by atoms with E-state index in [1.165, 1.54) is 0 Å². The molecule has 18 heavy (non-hydrogen) atoms. The topological polar surface area (TPSA) is 62.2 Å². The van der Waals surface area contributed by atoms with Gasteiger partial charge in [0.15, 0.2) is 0 Å². The lowest BCUT2D eigenvalue weighted by molar-refractivity contribution is 0.0939. The molecular weight excluding hydrogens is 228 g/mol. The Morgan fingerprint density at radius 2 is 2.17 bits per heavy atom. The molecule has 1 aliphatic carbocycles. The van der Waals surface area contributed by atoms with E-state index in [9.17, 15) is 4.79 Å². The fourth-order valence-electron chi connectivity index (χ4n) is 2.22. The molecule has 1 fully saturated rings. The summed E-state index contributed by atoms with van der Waals surface area (Å²) < 4.78 is 0. The Labute approximate surface area is 107 Å². The van der Waals surface area contributed by atoms with Crippen LogP contribution < -0.4 is 5.32 Å². The molecule has 0 radical (unpaired) electrons. The molecule has 0 unspecified atom stereocenters. The van der Waals surface area contributed by atoms with Crippen LogP contribution in [0.25, 0.3) is 0 Å². The number of amides is 1. The van der Waals surface area contributed by atoms with Crippen molar-refractivity contribution in [2.75, 3.05) is 13.2 Å². The summed E-state index contributed by atoms with van der Waals surface area (Å²) in [6.07, 6.45) is 2.97. The lowest BCUT2D eigenvalue weighted by Crippen LogP contribution is -2.31. The van der Waals surface area contributed by atoms with E-state index in [-0.39, 0.29) is 17.9 Å². The van der Waals surface area contributed by atoms with Crippen LogP contribution in [0, 0.1) is 19.3 Å². The van der Waals surface area contributed by atoms with Crippen molar-refractivity contribution in [2.24, 2.45) is 5.41 Å². The van der Waals surface area contributed by atoms with Crippen LogP contribution in [0.4, 0.5) is 0 Å². The number of aliphatic hydroxyl groups is 1. The van der Waals surface area contributed by atoms with Crippen molar-refractivity contribution in [2.45, 2.75) is 33.1 Å². The lowest BCUT2D eigenvalue weighted by atomic mass is 10.0. The molecule has 1 aliphatic rings. The summed E-state index contributed by atoms with van der Waals surface area (Å²) in [5, 5.41) is 11.9. The van der Waals surface area contributed by atoms with Gasteiger partial charge in [0, 0.05) is 18.8 Å². The van der Waals surface area contributed by atoms with Crippen LogP contribution in [0.5, 0.6) is 0 Å². The van der Waals surface area contributed by atoms with E-state index >= 15 is 0 Å². The van der Waals surface area contributed by atoms with Gasteiger partial charge >= 0.3 is 0 Å². The zero-order valence-corrected chi connectivity index (χ0v) is 11.0. The van der Waals surface area contributed by atoms with Crippen LogP contribution in [0.15, 0.2) is 12.1 Å². The maximum atomic E-state index is 12.0. The molecule has 98 valence electrons. The lowest BCUT2D eigenvalue weighted by Gasteiger charge is -2.15. The van der Waals surface area contributed by atoms with Gasteiger partial charge in [-0.25, -0.2) is 0 Å². The predicted molar refractivity (Wildman–Crippen MR) is 69.4 cm³/mol. The van der Waals surface area contributed by atoms with E-state index in [1.807, 2.05) is 26.0 Å². The summed E-state index contributed by atoms with van der Waals surface area (Å²) in [6.45, 7) is 4.61. The fourth-order valence-corrected chi connectivity index (χ4v) is 2.22. The third-order valence-electron chi connectivity index (χ3n) is 3.69. The molecule has 1 saturated carbocycles. The number of pyridine rings is 1. The Morgan fingerprint density at radius 1 is 1.44 bits per heavy atom. The molecule has 0 saturated heterocycles. The average Bonchev–Trinajstić information content (AvgIpc) is 3.07. The van der Waals surface area contributed by atoms with E-state index in [2.05, 4.69) is 10.3 Å². The SMILES string of the molecule is Cc1ccc(C(=O)NCC2(CCO)CC2)c(C)n1. The maximum absolute atomic E-state index is 12.0. The summed E-state index contributed by atoms with van der Waals surface area (Å²) in [7, 11) is 0. The Kier molecular flexibility index (Phi) is 3.66. The van der Waals surface area contributed by atoms with Gasteiger partial charge in [-0.1, -0.05) is 0 Å². The van der Waals surface area contributed by atoms with Crippen LogP contribution in [0.3, 0.4) is 0 Å². The van der Waals surface area contributed by atoms with Crippen molar-refractivity contribution in [1.82, 2.24) is 10.3 Å². The number of hydrogen-bond acceptors (Lipinski definition) is 3. The number of aryl methyl sites for hydroxylation is 2. The molecule has 1 aromatic heterocycles.